The predicted molar refractivity (Wildman–Crippen MR) is 81.5 cm³/mol. The van der Waals surface area contributed by atoms with Crippen molar-refractivity contribution in [1.82, 2.24) is 4.90 Å². The van der Waals surface area contributed by atoms with E-state index >= 15 is 0 Å². The van der Waals surface area contributed by atoms with Crippen molar-refractivity contribution < 1.29 is 8.42 Å². The van der Waals surface area contributed by atoms with E-state index in [0.29, 0.717) is 11.7 Å². The lowest BCUT2D eigenvalue weighted by molar-refractivity contribution is 0.0975. The second kappa shape index (κ2) is 5.26. The van der Waals surface area contributed by atoms with E-state index in [1.807, 2.05) is 18.2 Å². The van der Waals surface area contributed by atoms with Crippen LogP contribution in [0, 0.1) is 5.92 Å². The molecule has 0 radical (unpaired) electrons. The summed E-state index contributed by atoms with van der Waals surface area (Å²) in [6.45, 7) is 3.53. The van der Waals surface area contributed by atoms with Crippen molar-refractivity contribution in [2.45, 2.75) is 18.9 Å². The summed E-state index contributed by atoms with van der Waals surface area (Å²) in [5.74, 6) is 0.742. The van der Waals surface area contributed by atoms with Gasteiger partial charge in [-0.05, 0) is 50.0 Å². The number of hydrogen-bond donors (Lipinski definition) is 2. The van der Waals surface area contributed by atoms with Crippen LogP contribution in [0.1, 0.15) is 12.8 Å². The van der Waals surface area contributed by atoms with Crippen molar-refractivity contribution in [1.29, 1.82) is 0 Å². The third-order valence-electron chi connectivity index (χ3n) is 4.17. The number of anilines is 2. The number of piperidine rings is 3. The highest BCUT2D eigenvalue weighted by atomic mass is 32.2. The van der Waals surface area contributed by atoms with E-state index in [1.54, 1.807) is 6.07 Å². The van der Waals surface area contributed by atoms with Crippen molar-refractivity contribution in [3.8, 4) is 0 Å². The fourth-order valence-corrected chi connectivity index (χ4v) is 3.78. The average Bonchev–Trinajstić information content (AvgIpc) is 2.38. The van der Waals surface area contributed by atoms with Gasteiger partial charge in [0.05, 0.1) is 11.9 Å². The number of sulfonamides is 1. The zero-order valence-corrected chi connectivity index (χ0v) is 12.5. The fourth-order valence-electron chi connectivity index (χ4n) is 3.23. The van der Waals surface area contributed by atoms with Gasteiger partial charge in [0.1, 0.15) is 0 Å². The first-order valence-corrected chi connectivity index (χ1v) is 8.95. The third kappa shape index (κ3) is 3.24. The molecule has 1 aromatic carbocycles. The normalized spacial score (nSPS) is 29.1. The Hall–Kier alpha value is -1.27. The van der Waals surface area contributed by atoms with Crippen LogP contribution in [0.2, 0.25) is 0 Å². The third-order valence-corrected chi connectivity index (χ3v) is 4.78. The minimum atomic E-state index is -3.22. The summed E-state index contributed by atoms with van der Waals surface area (Å²) < 4.78 is 25.1. The first-order chi connectivity index (χ1) is 9.49. The summed E-state index contributed by atoms with van der Waals surface area (Å²) in [7, 11) is -3.22. The Morgan fingerprint density at radius 1 is 1.20 bits per heavy atom. The maximum atomic E-state index is 11.3. The Balaban J connectivity index is 1.70. The molecule has 3 aliphatic rings. The van der Waals surface area contributed by atoms with Gasteiger partial charge in [0.2, 0.25) is 10.0 Å². The number of hydrogen-bond acceptors (Lipinski definition) is 4. The number of nitrogens with zero attached hydrogens (tertiary/aromatic N) is 1. The van der Waals surface area contributed by atoms with Crippen LogP contribution in [0.15, 0.2) is 24.3 Å². The molecule has 4 rings (SSSR count). The molecule has 0 spiro atoms. The number of fused-ring (bicyclic) bond motifs is 3. The van der Waals surface area contributed by atoms with Gasteiger partial charge in [0.25, 0.3) is 0 Å². The van der Waals surface area contributed by atoms with E-state index in [2.05, 4.69) is 14.9 Å². The van der Waals surface area contributed by atoms with Gasteiger partial charge in [-0.1, -0.05) is 6.07 Å². The molecule has 3 saturated heterocycles. The monoisotopic (exact) mass is 295 g/mol. The Morgan fingerprint density at radius 3 is 2.50 bits per heavy atom. The molecular weight excluding hydrogens is 274 g/mol. The number of benzene rings is 1. The molecule has 1 unspecified atom stereocenters. The molecule has 6 heteroatoms. The van der Waals surface area contributed by atoms with Crippen LogP contribution in [0.4, 0.5) is 11.4 Å². The molecule has 3 aliphatic heterocycles. The lowest BCUT2D eigenvalue weighted by atomic mass is 9.84. The van der Waals surface area contributed by atoms with Gasteiger partial charge < -0.3 is 10.2 Å². The number of nitrogens with one attached hydrogen (secondary N) is 2. The molecule has 0 aromatic heterocycles. The van der Waals surface area contributed by atoms with Crippen LogP contribution in [0.25, 0.3) is 0 Å². The zero-order chi connectivity index (χ0) is 14.2. The van der Waals surface area contributed by atoms with Crippen molar-refractivity contribution in [2.24, 2.45) is 5.92 Å². The van der Waals surface area contributed by atoms with E-state index in [0.717, 1.165) is 18.2 Å². The van der Waals surface area contributed by atoms with Gasteiger partial charge in [-0.15, -0.1) is 0 Å². The first-order valence-electron chi connectivity index (χ1n) is 7.06. The summed E-state index contributed by atoms with van der Waals surface area (Å²) in [5, 5.41) is 3.56. The van der Waals surface area contributed by atoms with Gasteiger partial charge in [0.15, 0.2) is 0 Å². The SMILES string of the molecule is CS(=O)(=O)Nc1cccc(NC2CN3CCC2CC3)c1. The molecule has 1 aromatic rings. The number of rotatable bonds is 4. The Kier molecular flexibility index (Phi) is 3.60. The standard InChI is InChI=1S/C14H21N3O2S/c1-20(18,19)16-13-4-2-3-12(9-13)15-14-10-17-7-5-11(14)6-8-17/h2-4,9,11,14-16H,5-8,10H2,1H3. The zero-order valence-electron chi connectivity index (χ0n) is 11.7. The van der Waals surface area contributed by atoms with Gasteiger partial charge in [-0.3, -0.25) is 4.72 Å². The van der Waals surface area contributed by atoms with Crippen LogP contribution in [0.5, 0.6) is 0 Å². The second-order valence-corrected chi connectivity index (χ2v) is 7.59. The summed E-state index contributed by atoms with van der Waals surface area (Å²) in [4.78, 5) is 2.50. The highest BCUT2D eigenvalue weighted by Gasteiger charge is 2.33. The van der Waals surface area contributed by atoms with Gasteiger partial charge >= 0.3 is 0 Å². The summed E-state index contributed by atoms with van der Waals surface area (Å²) >= 11 is 0. The van der Waals surface area contributed by atoms with E-state index in [9.17, 15) is 8.42 Å². The van der Waals surface area contributed by atoms with Crippen LogP contribution in [0.3, 0.4) is 0 Å². The maximum absolute atomic E-state index is 11.3. The highest BCUT2D eigenvalue weighted by molar-refractivity contribution is 7.92. The molecular formula is C14H21N3O2S. The molecule has 0 aliphatic carbocycles. The van der Waals surface area contributed by atoms with E-state index < -0.39 is 10.0 Å². The summed E-state index contributed by atoms with van der Waals surface area (Å²) in [6, 6.07) is 7.97. The Bertz CT molecular complexity index is 580. The molecule has 0 amide bonds. The first kappa shape index (κ1) is 13.7. The van der Waals surface area contributed by atoms with Crippen molar-refractivity contribution >= 4 is 21.4 Å². The fraction of sp³-hybridized carbons (Fsp3) is 0.571. The van der Waals surface area contributed by atoms with Crippen molar-refractivity contribution in [3.63, 3.8) is 0 Å². The van der Waals surface area contributed by atoms with Gasteiger partial charge in [-0.2, -0.15) is 0 Å². The summed E-state index contributed by atoms with van der Waals surface area (Å²) in [6.07, 6.45) is 3.69. The van der Waals surface area contributed by atoms with Crippen molar-refractivity contribution in [3.05, 3.63) is 24.3 Å². The molecule has 3 heterocycles. The average molecular weight is 295 g/mol. The van der Waals surface area contributed by atoms with E-state index in [-0.39, 0.29) is 0 Å². The second-order valence-electron chi connectivity index (χ2n) is 5.84. The minimum Gasteiger partial charge on any atom is -0.381 e. The quantitative estimate of drug-likeness (QED) is 0.885. The van der Waals surface area contributed by atoms with Crippen LogP contribution < -0.4 is 10.0 Å². The Morgan fingerprint density at radius 2 is 1.90 bits per heavy atom. The van der Waals surface area contributed by atoms with Gasteiger partial charge in [0, 0.05) is 18.3 Å². The largest absolute Gasteiger partial charge is 0.381 e. The molecule has 1 atom stereocenters. The molecule has 110 valence electrons. The van der Waals surface area contributed by atoms with E-state index in [4.69, 9.17) is 0 Å². The minimum absolute atomic E-state index is 0.478. The lowest BCUT2D eigenvalue weighted by Crippen LogP contribution is -2.53. The lowest BCUT2D eigenvalue weighted by Gasteiger charge is -2.45. The molecule has 3 fully saturated rings. The smallest absolute Gasteiger partial charge is 0.229 e. The molecule has 20 heavy (non-hydrogen) atoms. The van der Waals surface area contributed by atoms with Crippen molar-refractivity contribution in [2.75, 3.05) is 35.9 Å². The van der Waals surface area contributed by atoms with Gasteiger partial charge in [-0.25, -0.2) is 8.42 Å². The maximum Gasteiger partial charge on any atom is 0.229 e. The van der Waals surface area contributed by atoms with E-state index in [1.165, 1.54) is 32.2 Å². The molecule has 2 bridgehead atoms. The predicted octanol–water partition coefficient (Wildman–Crippen LogP) is 1.56. The summed E-state index contributed by atoms with van der Waals surface area (Å²) in [5.41, 5.74) is 1.59. The molecule has 2 N–H and O–H groups in total. The molecule has 5 nitrogen and oxygen atoms in total. The Labute approximate surface area is 120 Å². The van der Waals surface area contributed by atoms with Crippen LogP contribution in [-0.2, 0) is 10.0 Å². The van der Waals surface area contributed by atoms with Crippen LogP contribution >= 0.6 is 0 Å². The van der Waals surface area contributed by atoms with Crippen LogP contribution in [-0.4, -0.2) is 45.2 Å². The highest BCUT2D eigenvalue weighted by Crippen LogP contribution is 2.30. The molecule has 0 saturated carbocycles. The topological polar surface area (TPSA) is 61.4 Å².